The minimum Gasteiger partial charge on any atom is -0.396 e. The van der Waals surface area contributed by atoms with Crippen molar-refractivity contribution in [1.29, 1.82) is 0 Å². The van der Waals surface area contributed by atoms with Crippen LogP contribution < -0.4 is 5.73 Å². The molecule has 2 aromatic carbocycles. The lowest BCUT2D eigenvalue weighted by Crippen LogP contribution is -2.13. The summed E-state index contributed by atoms with van der Waals surface area (Å²) in [6.45, 7) is 0.771. The number of aliphatic hydroxyl groups is 1. The van der Waals surface area contributed by atoms with Crippen LogP contribution in [0.2, 0.25) is 0 Å². The first-order valence-corrected chi connectivity index (χ1v) is 5.65. The van der Waals surface area contributed by atoms with Crippen LogP contribution in [0.4, 0.5) is 0 Å². The maximum Gasteiger partial charge on any atom is 0.0437 e. The summed E-state index contributed by atoms with van der Waals surface area (Å²) >= 11 is 0. The third-order valence-electron chi connectivity index (χ3n) is 3.01. The Kier molecular flexibility index (Phi) is 3.54. The molecule has 2 nitrogen and oxygen atoms in total. The lowest BCUT2D eigenvalue weighted by molar-refractivity contribution is 0.276. The summed E-state index contributed by atoms with van der Waals surface area (Å²) in [5.41, 5.74) is 6.94. The van der Waals surface area contributed by atoms with Crippen LogP contribution in [0.25, 0.3) is 10.8 Å². The monoisotopic (exact) mass is 215 g/mol. The van der Waals surface area contributed by atoms with Crippen LogP contribution in [-0.2, 0) is 0 Å². The minimum atomic E-state index is 0.189. The van der Waals surface area contributed by atoms with E-state index in [1.54, 1.807) is 0 Å². The van der Waals surface area contributed by atoms with E-state index in [2.05, 4.69) is 30.3 Å². The Balaban J connectivity index is 2.37. The lowest BCUT2D eigenvalue weighted by Gasteiger charge is -2.14. The first-order valence-electron chi connectivity index (χ1n) is 5.65. The Morgan fingerprint density at radius 1 is 1.06 bits per heavy atom. The molecule has 0 fully saturated rings. The van der Waals surface area contributed by atoms with Crippen molar-refractivity contribution in [3.63, 3.8) is 0 Å². The summed E-state index contributed by atoms with van der Waals surface area (Å²) in [7, 11) is 0. The highest BCUT2D eigenvalue weighted by atomic mass is 16.3. The van der Waals surface area contributed by atoms with Crippen molar-refractivity contribution in [2.75, 3.05) is 13.2 Å². The highest BCUT2D eigenvalue weighted by Gasteiger charge is 2.09. The van der Waals surface area contributed by atoms with Crippen LogP contribution in [0.3, 0.4) is 0 Å². The number of nitrogens with two attached hydrogens (primary N) is 1. The standard InChI is InChI=1S/C14H17NO/c15-10-14(7-8-16)13-6-5-11-3-1-2-4-12(11)9-13/h1-6,9,14,16H,7-8,10,15H2. The second kappa shape index (κ2) is 5.10. The summed E-state index contributed by atoms with van der Waals surface area (Å²) in [6.07, 6.45) is 0.731. The van der Waals surface area contributed by atoms with Gasteiger partial charge in [0.25, 0.3) is 0 Å². The van der Waals surface area contributed by atoms with Gasteiger partial charge >= 0.3 is 0 Å². The SMILES string of the molecule is NCC(CCO)c1ccc2ccccc2c1. The zero-order chi connectivity index (χ0) is 11.4. The van der Waals surface area contributed by atoms with E-state index in [0.29, 0.717) is 6.54 Å². The van der Waals surface area contributed by atoms with E-state index in [9.17, 15) is 0 Å². The number of hydrogen-bond acceptors (Lipinski definition) is 2. The molecule has 2 heteroatoms. The van der Waals surface area contributed by atoms with E-state index in [0.717, 1.165) is 6.42 Å². The second-order valence-electron chi connectivity index (χ2n) is 4.05. The molecule has 0 heterocycles. The first kappa shape index (κ1) is 11.1. The molecule has 0 aromatic heterocycles. The number of fused-ring (bicyclic) bond motifs is 1. The topological polar surface area (TPSA) is 46.2 Å². The normalized spacial score (nSPS) is 12.9. The Hall–Kier alpha value is -1.38. The molecule has 0 aliphatic carbocycles. The van der Waals surface area contributed by atoms with Gasteiger partial charge in [-0.2, -0.15) is 0 Å². The molecule has 2 rings (SSSR count). The van der Waals surface area contributed by atoms with E-state index >= 15 is 0 Å². The Labute approximate surface area is 95.7 Å². The average Bonchev–Trinajstić information content (AvgIpc) is 2.35. The predicted molar refractivity (Wildman–Crippen MR) is 67.4 cm³/mol. The molecule has 0 bridgehead atoms. The quantitative estimate of drug-likeness (QED) is 0.821. The Bertz CT molecular complexity index is 467. The van der Waals surface area contributed by atoms with Crippen molar-refractivity contribution >= 4 is 10.8 Å². The second-order valence-corrected chi connectivity index (χ2v) is 4.05. The number of benzene rings is 2. The third-order valence-corrected chi connectivity index (χ3v) is 3.01. The number of hydrogen-bond donors (Lipinski definition) is 2. The zero-order valence-corrected chi connectivity index (χ0v) is 9.26. The number of aliphatic hydroxyl groups excluding tert-OH is 1. The highest BCUT2D eigenvalue weighted by Crippen LogP contribution is 2.23. The molecular formula is C14H17NO. The predicted octanol–water partition coefficient (Wildman–Crippen LogP) is 2.26. The van der Waals surface area contributed by atoms with Crippen LogP contribution in [0, 0.1) is 0 Å². The van der Waals surface area contributed by atoms with Gasteiger partial charge in [-0.3, -0.25) is 0 Å². The van der Waals surface area contributed by atoms with E-state index in [1.165, 1.54) is 16.3 Å². The van der Waals surface area contributed by atoms with Crippen molar-refractivity contribution in [3.05, 3.63) is 48.0 Å². The van der Waals surface area contributed by atoms with Crippen molar-refractivity contribution in [2.24, 2.45) is 5.73 Å². The lowest BCUT2D eigenvalue weighted by atomic mass is 9.94. The fraction of sp³-hybridized carbons (Fsp3) is 0.286. The van der Waals surface area contributed by atoms with E-state index < -0.39 is 0 Å². The summed E-state index contributed by atoms with van der Waals surface area (Å²) in [5, 5.41) is 11.5. The largest absolute Gasteiger partial charge is 0.396 e. The van der Waals surface area contributed by atoms with Crippen LogP contribution >= 0.6 is 0 Å². The van der Waals surface area contributed by atoms with Gasteiger partial charge in [-0.25, -0.2) is 0 Å². The maximum absolute atomic E-state index is 8.99. The van der Waals surface area contributed by atoms with Gasteiger partial charge in [0.2, 0.25) is 0 Å². The molecular weight excluding hydrogens is 198 g/mol. The molecule has 1 unspecified atom stereocenters. The molecule has 0 aliphatic heterocycles. The summed E-state index contributed by atoms with van der Waals surface area (Å²) in [6, 6.07) is 14.7. The fourth-order valence-electron chi connectivity index (χ4n) is 2.04. The molecule has 0 amide bonds. The molecule has 0 aliphatic rings. The molecule has 84 valence electrons. The Morgan fingerprint density at radius 3 is 2.50 bits per heavy atom. The van der Waals surface area contributed by atoms with Gasteiger partial charge in [0, 0.05) is 6.61 Å². The molecule has 2 aromatic rings. The van der Waals surface area contributed by atoms with E-state index in [4.69, 9.17) is 10.8 Å². The highest BCUT2D eigenvalue weighted by molar-refractivity contribution is 5.83. The van der Waals surface area contributed by atoms with Crippen molar-refractivity contribution in [1.82, 2.24) is 0 Å². The van der Waals surface area contributed by atoms with Gasteiger partial charge in [-0.1, -0.05) is 42.5 Å². The van der Waals surface area contributed by atoms with Gasteiger partial charge in [0.05, 0.1) is 0 Å². The van der Waals surface area contributed by atoms with Crippen LogP contribution in [0.1, 0.15) is 17.9 Å². The summed E-state index contributed by atoms with van der Waals surface area (Å²) in [5.74, 6) is 0.259. The Morgan fingerprint density at radius 2 is 1.81 bits per heavy atom. The van der Waals surface area contributed by atoms with Gasteiger partial charge in [0.15, 0.2) is 0 Å². The molecule has 0 saturated carbocycles. The van der Waals surface area contributed by atoms with Gasteiger partial charge in [0.1, 0.15) is 0 Å². The van der Waals surface area contributed by atoms with Crippen LogP contribution in [0.5, 0.6) is 0 Å². The summed E-state index contributed by atoms with van der Waals surface area (Å²) in [4.78, 5) is 0. The molecule has 0 spiro atoms. The van der Waals surface area contributed by atoms with Crippen molar-refractivity contribution in [3.8, 4) is 0 Å². The van der Waals surface area contributed by atoms with Gasteiger partial charge in [-0.15, -0.1) is 0 Å². The zero-order valence-electron chi connectivity index (χ0n) is 9.26. The van der Waals surface area contributed by atoms with Crippen LogP contribution in [0.15, 0.2) is 42.5 Å². The molecule has 1 atom stereocenters. The molecule has 3 N–H and O–H groups in total. The van der Waals surface area contributed by atoms with Crippen molar-refractivity contribution < 1.29 is 5.11 Å². The van der Waals surface area contributed by atoms with E-state index in [-0.39, 0.29) is 12.5 Å². The minimum absolute atomic E-state index is 0.189. The smallest absolute Gasteiger partial charge is 0.0437 e. The third kappa shape index (κ3) is 2.23. The van der Waals surface area contributed by atoms with E-state index in [1.807, 2.05) is 12.1 Å². The van der Waals surface area contributed by atoms with Gasteiger partial charge in [-0.05, 0) is 35.2 Å². The molecule has 16 heavy (non-hydrogen) atoms. The van der Waals surface area contributed by atoms with Crippen molar-refractivity contribution in [2.45, 2.75) is 12.3 Å². The van der Waals surface area contributed by atoms with Crippen LogP contribution in [-0.4, -0.2) is 18.3 Å². The molecule has 0 saturated heterocycles. The average molecular weight is 215 g/mol. The fourth-order valence-corrected chi connectivity index (χ4v) is 2.04. The van der Waals surface area contributed by atoms with Gasteiger partial charge < -0.3 is 10.8 Å². The summed E-state index contributed by atoms with van der Waals surface area (Å²) < 4.78 is 0. The molecule has 0 radical (unpaired) electrons. The maximum atomic E-state index is 8.99. The first-order chi connectivity index (χ1) is 7.85. The number of rotatable bonds is 4.